The summed E-state index contributed by atoms with van der Waals surface area (Å²) in [4.78, 5) is 11.8. The smallest absolute Gasteiger partial charge is 0.221 e. The fourth-order valence-electron chi connectivity index (χ4n) is 3.01. The third kappa shape index (κ3) is 3.83. The van der Waals surface area contributed by atoms with E-state index in [2.05, 4.69) is 34.7 Å². The molecule has 1 aromatic heterocycles. The van der Waals surface area contributed by atoms with Crippen molar-refractivity contribution in [3.8, 4) is 5.69 Å². The quantitative estimate of drug-likeness (QED) is 0.735. The Morgan fingerprint density at radius 1 is 1.24 bits per heavy atom. The van der Waals surface area contributed by atoms with Gasteiger partial charge in [-0.05, 0) is 25.3 Å². The molecular weight excluding hydrogens is 336 g/mol. The summed E-state index contributed by atoms with van der Waals surface area (Å²) < 4.78 is 1.93. The van der Waals surface area contributed by atoms with Crippen LogP contribution in [-0.2, 0) is 4.79 Å². The predicted molar refractivity (Wildman–Crippen MR) is 103 cm³/mol. The van der Waals surface area contributed by atoms with Crippen LogP contribution in [0.1, 0.15) is 30.6 Å². The number of nitrogens with zero attached hydrogens (tertiary/aromatic N) is 2. The minimum Gasteiger partial charge on any atom is -0.349 e. The van der Waals surface area contributed by atoms with Crippen LogP contribution in [0.4, 0.5) is 0 Å². The molecule has 0 radical (unpaired) electrons. The zero-order valence-electron chi connectivity index (χ0n) is 14.4. The van der Waals surface area contributed by atoms with Gasteiger partial charge in [-0.1, -0.05) is 36.4 Å². The normalized spacial score (nSPS) is 11.8. The van der Waals surface area contributed by atoms with Gasteiger partial charge < -0.3 is 11.1 Å². The highest BCUT2D eigenvalue weighted by molar-refractivity contribution is 5.90. The molecule has 0 bridgehead atoms. The molecule has 0 saturated heterocycles. The number of fused-ring (bicyclic) bond motifs is 1. The molecule has 5 nitrogen and oxygen atoms in total. The number of aromatic nitrogens is 2. The topological polar surface area (TPSA) is 72.9 Å². The molecule has 6 heteroatoms. The first-order valence-electron chi connectivity index (χ1n) is 8.14. The highest BCUT2D eigenvalue weighted by Crippen LogP contribution is 2.25. The Morgan fingerprint density at radius 3 is 2.72 bits per heavy atom. The van der Waals surface area contributed by atoms with E-state index < -0.39 is 0 Å². The summed E-state index contributed by atoms with van der Waals surface area (Å²) in [6.07, 6.45) is 2.16. The fourth-order valence-corrected chi connectivity index (χ4v) is 3.01. The summed E-state index contributed by atoms with van der Waals surface area (Å²) in [5.41, 5.74) is 8.50. The summed E-state index contributed by atoms with van der Waals surface area (Å²) in [6, 6.07) is 14.3. The van der Waals surface area contributed by atoms with Gasteiger partial charge in [0.1, 0.15) is 0 Å². The third-order valence-electron chi connectivity index (χ3n) is 4.26. The van der Waals surface area contributed by atoms with E-state index in [0.717, 1.165) is 22.3 Å². The van der Waals surface area contributed by atoms with E-state index in [0.29, 0.717) is 13.0 Å². The van der Waals surface area contributed by atoms with Crippen LogP contribution < -0.4 is 11.1 Å². The number of hydrogen-bond donors (Lipinski definition) is 2. The highest BCUT2D eigenvalue weighted by atomic mass is 35.5. The van der Waals surface area contributed by atoms with Crippen LogP contribution in [-0.4, -0.2) is 22.2 Å². The average molecular weight is 359 g/mol. The van der Waals surface area contributed by atoms with Crippen molar-refractivity contribution in [3.63, 3.8) is 0 Å². The fraction of sp³-hybridized carbons (Fsp3) is 0.263. The summed E-state index contributed by atoms with van der Waals surface area (Å²) in [7, 11) is 0. The molecule has 0 aliphatic carbocycles. The second-order valence-electron chi connectivity index (χ2n) is 5.92. The van der Waals surface area contributed by atoms with Gasteiger partial charge in [0, 0.05) is 29.6 Å². The van der Waals surface area contributed by atoms with Gasteiger partial charge in [0.25, 0.3) is 0 Å². The lowest BCUT2D eigenvalue weighted by Gasteiger charge is -2.14. The molecule has 132 valence electrons. The predicted octanol–water partition coefficient (Wildman–Crippen LogP) is 3.28. The van der Waals surface area contributed by atoms with E-state index in [4.69, 9.17) is 5.73 Å². The monoisotopic (exact) mass is 358 g/mol. The SMILES string of the molecule is Cc1c(C(C)NC(=O)CCN)cnn1-c1cccc2ccccc12.Cl. The van der Waals surface area contributed by atoms with E-state index in [-0.39, 0.29) is 24.4 Å². The molecule has 0 aliphatic heterocycles. The summed E-state index contributed by atoms with van der Waals surface area (Å²) in [6.45, 7) is 4.34. The van der Waals surface area contributed by atoms with Crippen molar-refractivity contribution in [2.45, 2.75) is 26.3 Å². The molecule has 3 aromatic rings. The lowest BCUT2D eigenvalue weighted by Crippen LogP contribution is -2.28. The Bertz CT molecular complexity index is 869. The minimum atomic E-state index is -0.104. The molecule has 1 unspecified atom stereocenters. The maximum absolute atomic E-state index is 11.8. The molecule has 0 spiro atoms. The summed E-state index contributed by atoms with van der Waals surface area (Å²) >= 11 is 0. The van der Waals surface area contributed by atoms with Gasteiger partial charge >= 0.3 is 0 Å². The molecule has 1 heterocycles. The molecule has 1 amide bonds. The summed E-state index contributed by atoms with van der Waals surface area (Å²) in [5, 5.41) is 9.85. The highest BCUT2D eigenvalue weighted by Gasteiger charge is 2.16. The van der Waals surface area contributed by atoms with E-state index in [9.17, 15) is 4.79 Å². The number of halogens is 1. The van der Waals surface area contributed by atoms with Gasteiger partial charge in [0.15, 0.2) is 0 Å². The van der Waals surface area contributed by atoms with Gasteiger partial charge in [0.2, 0.25) is 5.91 Å². The van der Waals surface area contributed by atoms with Crippen molar-refractivity contribution in [3.05, 3.63) is 59.9 Å². The number of hydrogen-bond acceptors (Lipinski definition) is 3. The van der Waals surface area contributed by atoms with Crippen molar-refractivity contribution >= 4 is 29.1 Å². The second-order valence-corrected chi connectivity index (χ2v) is 5.92. The largest absolute Gasteiger partial charge is 0.349 e. The molecule has 1 atom stereocenters. The standard InChI is InChI=1S/C19H22N4O.ClH/c1-13(22-19(24)10-11-20)17-12-21-23(14(17)2)18-9-5-7-15-6-3-4-8-16(15)18;/h3-9,12-13H,10-11,20H2,1-2H3,(H,22,24);1H. The number of carbonyl (C=O) groups is 1. The van der Waals surface area contributed by atoms with Crippen molar-refractivity contribution in [2.24, 2.45) is 5.73 Å². The minimum absolute atomic E-state index is 0. The Kier molecular flexibility index (Phi) is 6.17. The Balaban J connectivity index is 0.00000225. The van der Waals surface area contributed by atoms with Crippen LogP contribution in [0.5, 0.6) is 0 Å². The molecule has 0 saturated carbocycles. The molecule has 0 aliphatic rings. The lowest BCUT2D eigenvalue weighted by molar-refractivity contribution is -0.121. The van der Waals surface area contributed by atoms with E-state index >= 15 is 0 Å². The van der Waals surface area contributed by atoms with E-state index in [1.165, 1.54) is 5.39 Å². The van der Waals surface area contributed by atoms with Crippen molar-refractivity contribution < 1.29 is 4.79 Å². The second kappa shape index (κ2) is 8.14. The molecule has 2 aromatic carbocycles. The van der Waals surface area contributed by atoms with Crippen molar-refractivity contribution in [1.82, 2.24) is 15.1 Å². The van der Waals surface area contributed by atoms with Crippen LogP contribution in [0.2, 0.25) is 0 Å². The maximum atomic E-state index is 11.8. The number of benzene rings is 2. The van der Waals surface area contributed by atoms with Gasteiger partial charge in [-0.25, -0.2) is 4.68 Å². The Labute approximate surface area is 153 Å². The van der Waals surface area contributed by atoms with Crippen LogP contribution in [0, 0.1) is 6.92 Å². The third-order valence-corrected chi connectivity index (χ3v) is 4.26. The van der Waals surface area contributed by atoms with Gasteiger partial charge in [-0.2, -0.15) is 5.10 Å². The van der Waals surface area contributed by atoms with Crippen LogP contribution in [0.15, 0.2) is 48.7 Å². The van der Waals surface area contributed by atoms with Crippen LogP contribution >= 0.6 is 12.4 Å². The first-order chi connectivity index (χ1) is 11.6. The zero-order chi connectivity index (χ0) is 17.1. The Hall–Kier alpha value is -2.37. The first-order valence-corrected chi connectivity index (χ1v) is 8.14. The van der Waals surface area contributed by atoms with Gasteiger partial charge in [0.05, 0.1) is 17.9 Å². The molecule has 25 heavy (non-hydrogen) atoms. The average Bonchev–Trinajstić information content (AvgIpc) is 2.96. The number of nitrogens with one attached hydrogen (secondary N) is 1. The summed E-state index contributed by atoms with van der Waals surface area (Å²) in [5.74, 6) is -0.0395. The van der Waals surface area contributed by atoms with Gasteiger partial charge in [-0.3, -0.25) is 4.79 Å². The number of nitrogens with two attached hydrogens (primary N) is 1. The zero-order valence-corrected chi connectivity index (χ0v) is 15.2. The van der Waals surface area contributed by atoms with Crippen LogP contribution in [0.25, 0.3) is 16.5 Å². The Morgan fingerprint density at radius 2 is 1.96 bits per heavy atom. The van der Waals surface area contributed by atoms with Crippen LogP contribution in [0.3, 0.4) is 0 Å². The molecule has 3 N–H and O–H groups in total. The number of amides is 1. The molecular formula is C19H23ClN4O. The first kappa shape index (κ1) is 19.0. The maximum Gasteiger partial charge on any atom is 0.221 e. The van der Waals surface area contributed by atoms with E-state index in [1.54, 1.807) is 0 Å². The lowest BCUT2D eigenvalue weighted by atomic mass is 10.1. The van der Waals surface area contributed by atoms with Crippen molar-refractivity contribution in [1.29, 1.82) is 0 Å². The van der Waals surface area contributed by atoms with Crippen molar-refractivity contribution in [2.75, 3.05) is 6.54 Å². The molecule has 3 rings (SSSR count). The van der Waals surface area contributed by atoms with Gasteiger partial charge in [-0.15, -0.1) is 12.4 Å². The van der Waals surface area contributed by atoms with E-state index in [1.807, 2.05) is 42.9 Å². The number of rotatable bonds is 5. The number of carbonyl (C=O) groups excluding carboxylic acids is 1. The molecule has 0 fully saturated rings.